The van der Waals surface area contributed by atoms with Crippen molar-refractivity contribution in [3.05, 3.63) is 33.1 Å². The summed E-state index contributed by atoms with van der Waals surface area (Å²) in [5.74, 6) is 0. The smallest absolute Gasteiger partial charge is 0.330 e. The molecule has 2 rings (SSSR count). The normalized spacial score (nSPS) is 28.3. The minimum absolute atomic E-state index is 0.195. The summed E-state index contributed by atoms with van der Waals surface area (Å²) in [7, 11) is 0. The fourth-order valence-electron chi connectivity index (χ4n) is 3.00. The molecule has 1 aromatic rings. The second-order valence-corrected chi connectivity index (χ2v) is 11.8. The first-order valence-electron chi connectivity index (χ1n) is 8.95. The Morgan fingerprint density at radius 2 is 1.89 bits per heavy atom. The quantitative estimate of drug-likeness (QED) is 0.596. The van der Waals surface area contributed by atoms with Crippen LogP contribution in [-0.4, -0.2) is 43.5 Å². The van der Waals surface area contributed by atoms with Crippen molar-refractivity contribution in [1.82, 2.24) is 9.55 Å². The Bertz CT molecular complexity index is 855. The molecule has 0 radical (unpaired) electrons. The lowest BCUT2D eigenvalue weighted by Gasteiger charge is -2.31. The molecule has 1 aromatic heterocycles. The number of hydrogen-bond donors (Lipinski definition) is 3. The van der Waals surface area contributed by atoms with Crippen LogP contribution in [0.3, 0.4) is 0 Å². The third-order valence-corrected chi connectivity index (χ3v) is 5.66. The minimum Gasteiger partial charge on any atom is -0.386 e. The van der Waals surface area contributed by atoms with Crippen molar-refractivity contribution in [3.8, 4) is 0 Å². The fourth-order valence-corrected chi connectivity index (χ4v) is 5.27. The molecule has 1 fully saturated rings. The minimum atomic E-state index is -3.69. The van der Waals surface area contributed by atoms with E-state index in [1.165, 1.54) is 6.20 Å². The summed E-state index contributed by atoms with van der Waals surface area (Å²) >= 11 is 5.11. The van der Waals surface area contributed by atoms with Crippen LogP contribution in [0.25, 0.3) is 0 Å². The SMILES string of the molecule is CC(C)(C)C[C@H]1O[C@@H](n2ccc(=O)[nH]c2=O)[C@@H](O)C1OP(O)(=S)OC(C)(C)C. The molecule has 0 aliphatic carbocycles. The van der Waals surface area contributed by atoms with Crippen LogP contribution in [-0.2, 0) is 25.6 Å². The van der Waals surface area contributed by atoms with Gasteiger partial charge in [-0.1, -0.05) is 20.8 Å². The molecule has 0 bridgehead atoms. The van der Waals surface area contributed by atoms with Crippen LogP contribution in [0.15, 0.2) is 21.9 Å². The molecule has 160 valence electrons. The summed E-state index contributed by atoms with van der Waals surface area (Å²) < 4.78 is 18.1. The summed E-state index contributed by atoms with van der Waals surface area (Å²) in [5, 5.41) is 10.8. The van der Waals surface area contributed by atoms with E-state index in [4.69, 9.17) is 25.6 Å². The van der Waals surface area contributed by atoms with Gasteiger partial charge in [-0.05, 0) is 44.4 Å². The molecule has 11 heteroatoms. The van der Waals surface area contributed by atoms with Gasteiger partial charge < -0.3 is 19.3 Å². The van der Waals surface area contributed by atoms with E-state index >= 15 is 0 Å². The van der Waals surface area contributed by atoms with Crippen molar-refractivity contribution in [2.75, 3.05) is 0 Å². The molecule has 9 nitrogen and oxygen atoms in total. The lowest BCUT2D eigenvalue weighted by Crippen LogP contribution is -2.39. The fraction of sp³-hybridized carbons (Fsp3) is 0.765. The molecule has 0 spiro atoms. The van der Waals surface area contributed by atoms with E-state index in [2.05, 4.69) is 4.98 Å². The summed E-state index contributed by atoms with van der Waals surface area (Å²) in [4.78, 5) is 36.1. The lowest BCUT2D eigenvalue weighted by atomic mass is 9.87. The second-order valence-electron chi connectivity index (χ2n) is 9.08. The van der Waals surface area contributed by atoms with Gasteiger partial charge in [0.05, 0.1) is 11.7 Å². The number of aliphatic hydroxyl groups excluding tert-OH is 1. The topological polar surface area (TPSA) is 123 Å². The third-order valence-electron chi connectivity index (χ3n) is 3.89. The highest BCUT2D eigenvalue weighted by Crippen LogP contribution is 2.52. The first kappa shape index (κ1) is 23.4. The maximum absolute atomic E-state index is 12.1. The highest BCUT2D eigenvalue weighted by molar-refractivity contribution is 8.07. The zero-order valence-electron chi connectivity index (χ0n) is 16.9. The van der Waals surface area contributed by atoms with Gasteiger partial charge in [0, 0.05) is 12.3 Å². The molecular weight excluding hydrogens is 407 g/mol. The Balaban J connectivity index is 2.35. The number of aromatic amines is 1. The van der Waals surface area contributed by atoms with Gasteiger partial charge in [-0.2, -0.15) is 0 Å². The number of hydrogen-bond acceptors (Lipinski definition) is 7. The maximum Gasteiger partial charge on any atom is 0.330 e. The van der Waals surface area contributed by atoms with Crippen LogP contribution < -0.4 is 11.2 Å². The number of nitrogens with zero attached hydrogens (tertiary/aromatic N) is 1. The second kappa shape index (κ2) is 8.10. The van der Waals surface area contributed by atoms with Crippen LogP contribution in [0.1, 0.15) is 54.2 Å². The number of ether oxygens (including phenoxy) is 1. The van der Waals surface area contributed by atoms with Crippen molar-refractivity contribution in [3.63, 3.8) is 0 Å². The number of nitrogens with one attached hydrogen (secondary N) is 1. The van der Waals surface area contributed by atoms with Crippen molar-refractivity contribution in [2.45, 2.75) is 78.1 Å². The van der Waals surface area contributed by atoms with Crippen LogP contribution >= 0.6 is 6.72 Å². The predicted octanol–water partition coefficient (Wildman–Crippen LogP) is 1.65. The summed E-state index contributed by atoms with van der Waals surface area (Å²) in [6.07, 6.45) is -2.38. The van der Waals surface area contributed by atoms with Crippen molar-refractivity contribution < 1.29 is 23.8 Å². The molecule has 1 aliphatic heterocycles. The van der Waals surface area contributed by atoms with Gasteiger partial charge in [0.1, 0.15) is 12.2 Å². The van der Waals surface area contributed by atoms with Gasteiger partial charge in [0.25, 0.3) is 5.56 Å². The number of rotatable bonds is 5. The largest absolute Gasteiger partial charge is 0.386 e. The Morgan fingerprint density at radius 1 is 1.29 bits per heavy atom. The standard InChI is InChI=1S/C17H29N2O7PS/c1-16(2,3)9-10-13(25-27(23,28)26-17(4,5)6)12(21)14(24-10)19-8-7-11(20)18-15(19)22/h7-8,10,12-14,21H,9H2,1-6H3,(H,23,28)(H,18,20,22)/t10-,12+,13?,14-,27?/m1/s1. The number of aromatic nitrogens is 2. The zero-order valence-corrected chi connectivity index (χ0v) is 18.6. The molecule has 0 aromatic carbocycles. The van der Waals surface area contributed by atoms with E-state index < -0.39 is 48.1 Å². The molecule has 2 unspecified atom stereocenters. The molecule has 3 N–H and O–H groups in total. The average molecular weight is 436 g/mol. The highest BCUT2D eigenvalue weighted by Gasteiger charge is 2.49. The molecule has 1 saturated heterocycles. The summed E-state index contributed by atoms with van der Waals surface area (Å²) in [5.41, 5.74) is -2.22. The highest BCUT2D eigenvalue weighted by atomic mass is 32.5. The van der Waals surface area contributed by atoms with Gasteiger partial charge in [-0.3, -0.25) is 18.9 Å². The Labute approximate surface area is 168 Å². The van der Waals surface area contributed by atoms with Gasteiger partial charge in [0.2, 0.25) is 0 Å². The number of H-pyrrole nitrogens is 1. The molecule has 2 heterocycles. The van der Waals surface area contributed by atoms with Gasteiger partial charge in [0.15, 0.2) is 6.23 Å². The van der Waals surface area contributed by atoms with E-state index in [1.54, 1.807) is 20.8 Å². The van der Waals surface area contributed by atoms with Crippen molar-refractivity contribution in [2.24, 2.45) is 5.41 Å². The number of aliphatic hydroxyl groups is 1. The van der Waals surface area contributed by atoms with Crippen LogP contribution in [0.5, 0.6) is 0 Å². The van der Waals surface area contributed by atoms with Gasteiger partial charge in [-0.15, -0.1) is 0 Å². The molecule has 0 saturated carbocycles. The molecule has 1 aliphatic rings. The van der Waals surface area contributed by atoms with Crippen LogP contribution in [0.4, 0.5) is 0 Å². The third kappa shape index (κ3) is 6.32. The van der Waals surface area contributed by atoms with E-state index in [1.807, 2.05) is 20.8 Å². The molecule has 5 atom stereocenters. The lowest BCUT2D eigenvalue weighted by molar-refractivity contribution is -0.0500. The first-order chi connectivity index (χ1) is 12.6. The Morgan fingerprint density at radius 3 is 2.39 bits per heavy atom. The van der Waals surface area contributed by atoms with Crippen LogP contribution in [0.2, 0.25) is 0 Å². The molecule has 0 amide bonds. The van der Waals surface area contributed by atoms with Crippen LogP contribution in [0, 0.1) is 5.41 Å². The van der Waals surface area contributed by atoms with E-state index in [0.29, 0.717) is 6.42 Å². The first-order valence-corrected chi connectivity index (χ1v) is 11.5. The predicted molar refractivity (Wildman–Crippen MR) is 108 cm³/mol. The molecule has 28 heavy (non-hydrogen) atoms. The van der Waals surface area contributed by atoms with Crippen molar-refractivity contribution in [1.29, 1.82) is 0 Å². The monoisotopic (exact) mass is 436 g/mol. The Hall–Kier alpha value is -0.870. The maximum atomic E-state index is 12.1. The van der Waals surface area contributed by atoms with E-state index in [9.17, 15) is 19.6 Å². The summed E-state index contributed by atoms with van der Waals surface area (Å²) in [6, 6.07) is 1.16. The van der Waals surface area contributed by atoms with Crippen molar-refractivity contribution >= 4 is 18.5 Å². The molecular formula is C17H29N2O7PS. The van der Waals surface area contributed by atoms with Gasteiger partial charge >= 0.3 is 12.4 Å². The average Bonchev–Trinajstić information content (AvgIpc) is 2.71. The van der Waals surface area contributed by atoms with Gasteiger partial charge in [-0.25, -0.2) is 4.79 Å². The zero-order chi connectivity index (χ0) is 21.5. The Kier molecular flexibility index (Phi) is 6.77. The van der Waals surface area contributed by atoms with E-state index in [0.717, 1.165) is 10.6 Å². The van der Waals surface area contributed by atoms with E-state index in [-0.39, 0.29) is 5.41 Å². The summed E-state index contributed by atoms with van der Waals surface area (Å²) in [6.45, 7) is 7.45.